The maximum Gasteiger partial charge on any atom is 0.123 e. The molecule has 1 aliphatic rings. The molecule has 1 heterocycles. The Morgan fingerprint density at radius 1 is 1.22 bits per heavy atom. The molecule has 2 rings (SSSR count). The first-order valence-corrected chi connectivity index (χ1v) is 6.63. The molecule has 0 unspecified atom stereocenters. The van der Waals surface area contributed by atoms with Gasteiger partial charge in [0.1, 0.15) is 5.75 Å². The highest BCUT2D eigenvalue weighted by Gasteiger charge is 2.19. The van der Waals surface area contributed by atoms with Crippen LogP contribution in [-0.4, -0.2) is 33.9 Å². The molecular weight excluding hydrogens is 226 g/mol. The Hall–Kier alpha value is -1.22. The maximum atomic E-state index is 5.39. The SMILES string of the molecule is COCC1CCN(c2ccc(C)c(OC)c2)CC1. The number of methoxy groups -OCH3 is 2. The molecule has 100 valence electrons. The van der Waals surface area contributed by atoms with Crippen LogP contribution in [0.4, 0.5) is 5.69 Å². The molecule has 1 aliphatic heterocycles. The van der Waals surface area contributed by atoms with Crippen molar-refractivity contribution in [3.63, 3.8) is 0 Å². The number of piperidine rings is 1. The molecule has 0 bridgehead atoms. The molecule has 3 heteroatoms. The molecule has 0 radical (unpaired) electrons. The molecule has 3 nitrogen and oxygen atoms in total. The Kier molecular flexibility index (Phi) is 4.48. The first-order valence-electron chi connectivity index (χ1n) is 6.63. The summed E-state index contributed by atoms with van der Waals surface area (Å²) in [6.07, 6.45) is 2.42. The van der Waals surface area contributed by atoms with E-state index in [1.54, 1.807) is 14.2 Å². The summed E-state index contributed by atoms with van der Waals surface area (Å²) < 4.78 is 10.6. The second kappa shape index (κ2) is 6.10. The number of hydrogen-bond acceptors (Lipinski definition) is 3. The fourth-order valence-electron chi connectivity index (χ4n) is 2.60. The lowest BCUT2D eigenvalue weighted by molar-refractivity contribution is 0.139. The van der Waals surface area contributed by atoms with Crippen LogP contribution in [0.2, 0.25) is 0 Å². The largest absolute Gasteiger partial charge is 0.496 e. The maximum absolute atomic E-state index is 5.39. The van der Waals surface area contributed by atoms with Crippen LogP contribution in [0.3, 0.4) is 0 Å². The first kappa shape index (κ1) is 13.2. The lowest BCUT2D eigenvalue weighted by atomic mass is 9.97. The smallest absolute Gasteiger partial charge is 0.123 e. The van der Waals surface area contributed by atoms with Crippen molar-refractivity contribution in [2.24, 2.45) is 5.92 Å². The molecule has 1 fully saturated rings. The van der Waals surface area contributed by atoms with E-state index in [4.69, 9.17) is 9.47 Å². The Labute approximate surface area is 110 Å². The molecule has 1 saturated heterocycles. The normalized spacial score (nSPS) is 16.9. The van der Waals surface area contributed by atoms with Gasteiger partial charge in [0.25, 0.3) is 0 Å². The van der Waals surface area contributed by atoms with E-state index in [0.29, 0.717) is 0 Å². The van der Waals surface area contributed by atoms with Gasteiger partial charge < -0.3 is 14.4 Å². The molecule has 1 aromatic rings. The molecule has 0 spiro atoms. The minimum Gasteiger partial charge on any atom is -0.496 e. The van der Waals surface area contributed by atoms with E-state index in [2.05, 4.69) is 30.0 Å². The van der Waals surface area contributed by atoms with Crippen LogP contribution in [0.1, 0.15) is 18.4 Å². The third-order valence-corrected chi connectivity index (χ3v) is 3.77. The second-order valence-electron chi connectivity index (χ2n) is 5.04. The summed E-state index contributed by atoms with van der Waals surface area (Å²) in [5.41, 5.74) is 2.46. The van der Waals surface area contributed by atoms with Crippen molar-refractivity contribution in [1.82, 2.24) is 0 Å². The van der Waals surface area contributed by atoms with Gasteiger partial charge in [0, 0.05) is 38.6 Å². The van der Waals surface area contributed by atoms with Gasteiger partial charge in [-0.1, -0.05) is 6.07 Å². The molecule has 0 atom stereocenters. The summed E-state index contributed by atoms with van der Waals surface area (Å²) in [5.74, 6) is 1.70. The zero-order valence-corrected chi connectivity index (χ0v) is 11.6. The molecule has 0 aliphatic carbocycles. The van der Waals surface area contributed by atoms with Crippen molar-refractivity contribution in [2.75, 3.05) is 38.8 Å². The quantitative estimate of drug-likeness (QED) is 0.819. The highest BCUT2D eigenvalue weighted by Crippen LogP contribution is 2.28. The van der Waals surface area contributed by atoms with Crippen molar-refractivity contribution >= 4 is 5.69 Å². The fraction of sp³-hybridized carbons (Fsp3) is 0.600. The zero-order chi connectivity index (χ0) is 13.0. The monoisotopic (exact) mass is 249 g/mol. The van der Waals surface area contributed by atoms with Crippen LogP contribution in [-0.2, 0) is 4.74 Å². The summed E-state index contributed by atoms with van der Waals surface area (Å²) in [6.45, 7) is 5.19. The zero-order valence-electron chi connectivity index (χ0n) is 11.6. The van der Waals surface area contributed by atoms with Crippen LogP contribution in [0.25, 0.3) is 0 Å². The number of aryl methyl sites for hydroxylation is 1. The third kappa shape index (κ3) is 2.96. The van der Waals surface area contributed by atoms with E-state index in [-0.39, 0.29) is 0 Å². The first-order chi connectivity index (χ1) is 8.74. The van der Waals surface area contributed by atoms with Gasteiger partial charge in [-0.15, -0.1) is 0 Å². The predicted octanol–water partition coefficient (Wildman–Crippen LogP) is 2.87. The van der Waals surface area contributed by atoms with Crippen molar-refractivity contribution in [3.8, 4) is 5.75 Å². The van der Waals surface area contributed by atoms with Gasteiger partial charge in [0.2, 0.25) is 0 Å². The van der Waals surface area contributed by atoms with E-state index in [9.17, 15) is 0 Å². The van der Waals surface area contributed by atoms with Gasteiger partial charge in [-0.05, 0) is 37.3 Å². The minimum atomic E-state index is 0.721. The fourth-order valence-corrected chi connectivity index (χ4v) is 2.60. The Morgan fingerprint density at radius 2 is 1.94 bits per heavy atom. The van der Waals surface area contributed by atoms with Crippen molar-refractivity contribution in [2.45, 2.75) is 19.8 Å². The second-order valence-corrected chi connectivity index (χ2v) is 5.04. The topological polar surface area (TPSA) is 21.7 Å². The Bertz CT molecular complexity index is 384. The van der Waals surface area contributed by atoms with Gasteiger partial charge in [0.05, 0.1) is 7.11 Å². The van der Waals surface area contributed by atoms with Crippen molar-refractivity contribution in [1.29, 1.82) is 0 Å². The van der Waals surface area contributed by atoms with Crippen molar-refractivity contribution < 1.29 is 9.47 Å². The van der Waals surface area contributed by atoms with Crippen LogP contribution < -0.4 is 9.64 Å². The number of rotatable bonds is 4. The van der Waals surface area contributed by atoms with Crippen molar-refractivity contribution in [3.05, 3.63) is 23.8 Å². The highest BCUT2D eigenvalue weighted by atomic mass is 16.5. The molecule has 0 amide bonds. The molecule has 0 N–H and O–H groups in total. The number of nitrogens with zero attached hydrogens (tertiary/aromatic N) is 1. The van der Waals surface area contributed by atoms with Gasteiger partial charge >= 0.3 is 0 Å². The third-order valence-electron chi connectivity index (χ3n) is 3.77. The standard InChI is InChI=1S/C15H23NO2/c1-12-4-5-14(10-15(12)18-3)16-8-6-13(7-9-16)11-17-2/h4-5,10,13H,6-9,11H2,1-3H3. The van der Waals surface area contributed by atoms with E-state index in [1.807, 2.05) is 0 Å². The summed E-state index contributed by atoms with van der Waals surface area (Å²) >= 11 is 0. The lowest BCUT2D eigenvalue weighted by Crippen LogP contribution is -2.34. The highest BCUT2D eigenvalue weighted by molar-refractivity contribution is 5.53. The Morgan fingerprint density at radius 3 is 2.56 bits per heavy atom. The average Bonchev–Trinajstić information content (AvgIpc) is 2.41. The van der Waals surface area contributed by atoms with E-state index in [1.165, 1.54) is 24.1 Å². The van der Waals surface area contributed by atoms with E-state index >= 15 is 0 Å². The van der Waals surface area contributed by atoms with E-state index < -0.39 is 0 Å². The predicted molar refractivity (Wildman–Crippen MR) is 74.5 cm³/mol. The molecule has 0 saturated carbocycles. The van der Waals surface area contributed by atoms with Gasteiger partial charge in [0.15, 0.2) is 0 Å². The summed E-state index contributed by atoms with van der Waals surface area (Å²) in [5, 5.41) is 0. The number of hydrogen-bond donors (Lipinski definition) is 0. The van der Waals surface area contributed by atoms with Crippen LogP contribution in [0, 0.1) is 12.8 Å². The van der Waals surface area contributed by atoms with E-state index in [0.717, 1.165) is 31.4 Å². The summed E-state index contributed by atoms with van der Waals surface area (Å²) in [4.78, 5) is 2.44. The molecule has 0 aromatic heterocycles. The van der Waals surface area contributed by atoms with Crippen LogP contribution in [0.5, 0.6) is 5.75 Å². The van der Waals surface area contributed by atoms with Crippen LogP contribution in [0.15, 0.2) is 18.2 Å². The summed E-state index contributed by atoms with van der Waals surface area (Å²) in [7, 11) is 3.52. The van der Waals surface area contributed by atoms with Gasteiger partial charge in [-0.3, -0.25) is 0 Å². The average molecular weight is 249 g/mol. The molecule has 1 aromatic carbocycles. The number of anilines is 1. The number of benzene rings is 1. The summed E-state index contributed by atoms with van der Waals surface area (Å²) in [6, 6.07) is 6.47. The van der Waals surface area contributed by atoms with Gasteiger partial charge in [-0.25, -0.2) is 0 Å². The van der Waals surface area contributed by atoms with Crippen LogP contribution >= 0.6 is 0 Å². The Balaban J connectivity index is 2.01. The molecule has 18 heavy (non-hydrogen) atoms. The molecular formula is C15H23NO2. The minimum absolute atomic E-state index is 0.721. The number of ether oxygens (including phenoxy) is 2. The van der Waals surface area contributed by atoms with Gasteiger partial charge in [-0.2, -0.15) is 0 Å². The lowest BCUT2D eigenvalue weighted by Gasteiger charge is -2.33.